The van der Waals surface area contributed by atoms with Crippen LogP contribution in [0, 0.1) is 0 Å². The van der Waals surface area contributed by atoms with E-state index in [1.54, 1.807) is 0 Å². The fourth-order valence-corrected chi connectivity index (χ4v) is 1.85. The van der Waals surface area contributed by atoms with E-state index in [0.29, 0.717) is 0 Å². The van der Waals surface area contributed by atoms with Crippen LogP contribution >= 0.6 is 0 Å². The molecular formula is C11H11F3N4O3. The van der Waals surface area contributed by atoms with E-state index in [1.807, 2.05) is 0 Å². The Bertz CT molecular complexity index is 596. The molecule has 0 spiro atoms. The largest absolute Gasteiger partial charge is 0.435 e. The fraction of sp³-hybridized carbons (Fsp3) is 0.455. The average molecular weight is 304 g/mol. The van der Waals surface area contributed by atoms with Crippen LogP contribution in [0.25, 0.3) is 0 Å². The Labute approximate surface area is 116 Å². The minimum Gasteiger partial charge on any atom is -0.320 e. The Morgan fingerprint density at radius 1 is 1.48 bits per heavy atom. The zero-order valence-electron chi connectivity index (χ0n) is 10.8. The van der Waals surface area contributed by atoms with Gasteiger partial charge in [-0.2, -0.15) is 18.3 Å². The van der Waals surface area contributed by atoms with Gasteiger partial charge in [-0.05, 0) is 13.0 Å². The lowest BCUT2D eigenvalue weighted by Gasteiger charge is -2.31. The zero-order valence-corrected chi connectivity index (χ0v) is 10.8. The van der Waals surface area contributed by atoms with Crippen molar-refractivity contribution in [3.63, 3.8) is 0 Å². The Hall–Kier alpha value is -2.39. The van der Waals surface area contributed by atoms with Gasteiger partial charge in [-0.3, -0.25) is 24.4 Å². The number of nitrogens with zero attached hydrogens (tertiary/aromatic N) is 3. The molecule has 0 saturated carbocycles. The van der Waals surface area contributed by atoms with Crippen molar-refractivity contribution in [3.8, 4) is 0 Å². The number of halogens is 3. The summed E-state index contributed by atoms with van der Waals surface area (Å²) in [7, 11) is 0. The zero-order chi connectivity index (χ0) is 15.8. The van der Waals surface area contributed by atoms with Crippen molar-refractivity contribution in [3.05, 3.63) is 18.0 Å². The number of piperazine rings is 1. The van der Waals surface area contributed by atoms with Crippen molar-refractivity contribution in [2.24, 2.45) is 0 Å². The summed E-state index contributed by atoms with van der Waals surface area (Å²) in [5.41, 5.74) is -1.11. The molecule has 10 heteroatoms. The lowest BCUT2D eigenvalue weighted by atomic mass is 10.2. The predicted octanol–water partition coefficient (Wildman–Crippen LogP) is -0.225. The molecule has 1 N–H and O–H groups in total. The quantitative estimate of drug-likeness (QED) is 0.765. The van der Waals surface area contributed by atoms with Crippen LogP contribution in [0.4, 0.5) is 13.2 Å². The van der Waals surface area contributed by atoms with Crippen LogP contribution < -0.4 is 5.32 Å². The topological polar surface area (TPSA) is 84.3 Å². The molecule has 114 valence electrons. The van der Waals surface area contributed by atoms with Gasteiger partial charge >= 0.3 is 6.18 Å². The number of carbonyl (C=O) groups excluding carboxylic acids is 3. The molecule has 3 amide bonds. The third kappa shape index (κ3) is 3.20. The van der Waals surface area contributed by atoms with Crippen LogP contribution in [0.5, 0.6) is 0 Å². The minimum atomic E-state index is -4.59. The van der Waals surface area contributed by atoms with Crippen LogP contribution in [0.2, 0.25) is 0 Å². The average Bonchev–Trinajstić information content (AvgIpc) is 2.82. The highest BCUT2D eigenvalue weighted by atomic mass is 19.4. The normalized spacial score (nSPS) is 19.6. The van der Waals surface area contributed by atoms with Crippen LogP contribution in [-0.4, -0.2) is 45.0 Å². The van der Waals surface area contributed by atoms with Crippen LogP contribution in [0.3, 0.4) is 0 Å². The van der Waals surface area contributed by atoms with Gasteiger partial charge in [0.15, 0.2) is 5.69 Å². The second-order valence-electron chi connectivity index (χ2n) is 4.51. The van der Waals surface area contributed by atoms with E-state index >= 15 is 0 Å². The molecule has 2 heterocycles. The van der Waals surface area contributed by atoms with E-state index in [-0.39, 0.29) is 6.54 Å². The number of amides is 3. The Morgan fingerprint density at radius 2 is 2.14 bits per heavy atom. The number of hydrogen-bond acceptors (Lipinski definition) is 4. The summed E-state index contributed by atoms with van der Waals surface area (Å²) in [6, 6.07) is -0.127. The maximum absolute atomic E-state index is 12.4. The van der Waals surface area contributed by atoms with Gasteiger partial charge in [-0.1, -0.05) is 0 Å². The first-order chi connectivity index (χ1) is 9.68. The minimum absolute atomic E-state index is 0.320. The van der Waals surface area contributed by atoms with Crippen molar-refractivity contribution >= 4 is 17.7 Å². The molecule has 0 bridgehead atoms. The number of hydrogen-bond donors (Lipinski definition) is 1. The predicted molar refractivity (Wildman–Crippen MR) is 61.6 cm³/mol. The maximum atomic E-state index is 12.4. The van der Waals surface area contributed by atoms with Crippen LogP contribution in [0.15, 0.2) is 12.3 Å². The third-order valence-electron chi connectivity index (χ3n) is 2.97. The molecular weight excluding hydrogens is 293 g/mol. The van der Waals surface area contributed by atoms with Gasteiger partial charge in [0.25, 0.3) is 0 Å². The lowest BCUT2D eigenvalue weighted by Crippen LogP contribution is -2.59. The van der Waals surface area contributed by atoms with Gasteiger partial charge < -0.3 is 4.90 Å². The van der Waals surface area contributed by atoms with Crippen LogP contribution in [0.1, 0.15) is 12.6 Å². The number of alkyl halides is 3. The molecule has 7 nitrogen and oxygen atoms in total. The lowest BCUT2D eigenvalue weighted by molar-refractivity contribution is -0.149. The van der Waals surface area contributed by atoms with E-state index in [4.69, 9.17) is 0 Å². The molecule has 2 rings (SSSR count). The van der Waals surface area contributed by atoms with Crippen molar-refractivity contribution in [1.82, 2.24) is 20.0 Å². The highest BCUT2D eigenvalue weighted by molar-refractivity contribution is 6.04. The standard InChI is InChI=1S/C11H11F3N4O3/c1-6-10(21)15-8(19)4-18(6)9(20)5-17-3-2-7(16-17)11(12,13)14/h2-3,6H,4-5H2,1H3,(H,15,19,21). The van der Waals surface area contributed by atoms with Crippen molar-refractivity contribution in [1.29, 1.82) is 0 Å². The molecule has 0 aromatic carbocycles. The first-order valence-corrected chi connectivity index (χ1v) is 5.92. The van der Waals surface area contributed by atoms with E-state index in [0.717, 1.165) is 21.8 Å². The van der Waals surface area contributed by atoms with Crippen molar-refractivity contribution in [2.75, 3.05) is 6.54 Å². The Kier molecular flexibility index (Phi) is 3.71. The summed E-state index contributed by atoms with van der Waals surface area (Å²) in [5, 5.41) is 5.30. The number of carbonyl (C=O) groups is 3. The molecule has 1 atom stereocenters. The molecule has 0 radical (unpaired) electrons. The summed E-state index contributed by atoms with van der Waals surface area (Å²) < 4.78 is 38.0. The van der Waals surface area contributed by atoms with E-state index in [9.17, 15) is 27.6 Å². The molecule has 1 aliphatic rings. The first kappa shape index (κ1) is 15.0. The maximum Gasteiger partial charge on any atom is 0.435 e. The third-order valence-corrected chi connectivity index (χ3v) is 2.97. The molecule has 1 saturated heterocycles. The second kappa shape index (κ2) is 5.19. The van der Waals surface area contributed by atoms with Gasteiger partial charge in [-0.15, -0.1) is 0 Å². The van der Waals surface area contributed by atoms with Crippen molar-refractivity contribution in [2.45, 2.75) is 25.7 Å². The van der Waals surface area contributed by atoms with Gasteiger partial charge in [0.05, 0.1) is 0 Å². The highest BCUT2D eigenvalue weighted by Crippen LogP contribution is 2.27. The second-order valence-corrected chi connectivity index (χ2v) is 4.51. The van der Waals surface area contributed by atoms with E-state index in [1.165, 1.54) is 6.92 Å². The van der Waals surface area contributed by atoms with Crippen molar-refractivity contribution < 1.29 is 27.6 Å². The molecule has 1 aromatic heterocycles. The Balaban J connectivity index is 2.09. The van der Waals surface area contributed by atoms with Crippen LogP contribution in [-0.2, 0) is 27.1 Å². The summed E-state index contributed by atoms with van der Waals surface area (Å²) in [4.78, 5) is 35.6. The number of imide groups is 1. The van der Waals surface area contributed by atoms with Gasteiger partial charge in [0.1, 0.15) is 19.1 Å². The highest BCUT2D eigenvalue weighted by Gasteiger charge is 2.35. The molecule has 0 aliphatic carbocycles. The first-order valence-electron chi connectivity index (χ1n) is 5.92. The molecule has 1 unspecified atom stereocenters. The molecule has 1 aliphatic heterocycles. The summed E-state index contributed by atoms with van der Waals surface area (Å²) in [6.07, 6.45) is -3.58. The molecule has 1 aromatic rings. The van der Waals surface area contributed by atoms with E-state index in [2.05, 4.69) is 10.4 Å². The monoisotopic (exact) mass is 304 g/mol. The fourth-order valence-electron chi connectivity index (χ4n) is 1.85. The van der Waals surface area contributed by atoms with E-state index < -0.39 is 42.2 Å². The SMILES string of the molecule is CC1C(=O)NC(=O)CN1C(=O)Cn1ccc(C(F)(F)F)n1. The molecule has 1 fully saturated rings. The smallest absolute Gasteiger partial charge is 0.320 e. The van der Waals surface area contributed by atoms with Gasteiger partial charge in [0.2, 0.25) is 17.7 Å². The number of aromatic nitrogens is 2. The Morgan fingerprint density at radius 3 is 2.71 bits per heavy atom. The number of rotatable bonds is 2. The summed E-state index contributed by atoms with van der Waals surface area (Å²) in [5.74, 6) is -1.93. The van der Waals surface area contributed by atoms with Gasteiger partial charge in [0, 0.05) is 6.20 Å². The summed E-state index contributed by atoms with van der Waals surface area (Å²) >= 11 is 0. The number of nitrogens with one attached hydrogen (secondary N) is 1. The molecule has 21 heavy (non-hydrogen) atoms. The van der Waals surface area contributed by atoms with Gasteiger partial charge in [-0.25, -0.2) is 0 Å². The summed E-state index contributed by atoms with van der Waals surface area (Å²) in [6.45, 7) is 0.615.